The van der Waals surface area contributed by atoms with E-state index in [1.54, 1.807) is 24.3 Å². The number of amides is 4. The Hall–Kier alpha value is -3.35. The van der Waals surface area contributed by atoms with Gasteiger partial charge in [-0.1, -0.05) is 37.5 Å². The number of nitrogens with two attached hydrogens (primary N) is 1. The first-order chi connectivity index (χ1) is 14.5. The molecule has 30 heavy (non-hydrogen) atoms. The van der Waals surface area contributed by atoms with Gasteiger partial charge in [-0.25, -0.2) is 4.79 Å². The van der Waals surface area contributed by atoms with Crippen LogP contribution in [-0.4, -0.2) is 24.4 Å². The van der Waals surface area contributed by atoms with Crippen LogP contribution in [0.1, 0.15) is 60.4 Å². The molecular formula is C23H28N4O3. The van der Waals surface area contributed by atoms with Crippen molar-refractivity contribution in [3.63, 3.8) is 0 Å². The van der Waals surface area contributed by atoms with E-state index in [9.17, 15) is 14.4 Å². The summed E-state index contributed by atoms with van der Waals surface area (Å²) >= 11 is 0. The first-order valence-corrected chi connectivity index (χ1v) is 10.4. The fourth-order valence-corrected chi connectivity index (χ4v) is 3.70. The highest BCUT2D eigenvalue weighted by atomic mass is 16.2. The van der Waals surface area contributed by atoms with Gasteiger partial charge in [0, 0.05) is 29.9 Å². The third-order valence-corrected chi connectivity index (χ3v) is 5.28. The number of anilines is 2. The molecule has 7 nitrogen and oxygen atoms in total. The van der Waals surface area contributed by atoms with Gasteiger partial charge in [0.25, 0.3) is 5.91 Å². The summed E-state index contributed by atoms with van der Waals surface area (Å²) in [4.78, 5) is 35.1. The summed E-state index contributed by atoms with van der Waals surface area (Å²) in [6.45, 7) is 0.161. The number of rotatable bonds is 7. The minimum Gasteiger partial charge on any atom is -0.370 e. The van der Waals surface area contributed by atoms with E-state index in [-0.39, 0.29) is 18.9 Å². The third-order valence-electron chi connectivity index (χ3n) is 5.28. The highest BCUT2D eigenvalue weighted by Gasteiger charge is 2.16. The Kier molecular flexibility index (Phi) is 7.43. The second-order valence-corrected chi connectivity index (χ2v) is 7.59. The van der Waals surface area contributed by atoms with Crippen LogP contribution in [0.2, 0.25) is 0 Å². The van der Waals surface area contributed by atoms with Crippen molar-refractivity contribution in [1.82, 2.24) is 5.32 Å². The normalized spacial score (nSPS) is 14.0. The van der Waals surface area contributed by atoms with Crippen molar-refractivity contribution < 1.29 is 14.4 Å². The number of benzene rings is 2. The summed E-state index contributed by atoms with van der Waals surface area (Å²) in [5.41, 5.74) is 8.04. The second kappa shape index (κ2) is 10.4. The zero-order valence-corrected chi connectivity index (χ0v) is 16.9. The van der Waals surface area contributed by atoms with Gasteiger partial charge < -0.3 is 21.7 Å². The molecule has 1 aliphatic rings. The summed E-state index contributed by atoms with van der Waals surface area (Å²) in [5, 5.41) is 8.06. The zero-order chi connectivity index (χ0) is 21.3. The van der Waals surface area contributed by atoms with Crippen LogP contribution < -0.4 is 21.7 Å². The van der Waals surface area contributed by atoms with Crippen LogP contribution in [0.3, 0.4) is 0 Å². The van der Waals surface area contributed by atoms with Gasteiger partial charge in [0.15, 0.2) is 0 Å². The SMILES string of the molecule is NC(=O)CCNC(=O)Nc1cccc(NC(=O)c2ccc(C3CCCCC3)cc2)c1. The Bertz CT molecular complexity index is 890. The molecule has 1 saturated carbocycles. The number of hydrogen-bond donors (Lipinski definition) is 4. The molecule has 0 bridgehead atoms. The predicted octanol–water partition coefficient (Wildman–Crippen LogP) is 3.98. The molecule has 0 atom stereocenters. The molecule has 2 aromatic rings. The zero-order valence-electron chi connectivity index (χ0n) is 16.9. The maximum atomic E-state index is 12.6. The molecule has 0 radical (unpaired) electrons. The molecule has 0 heterocycles. The van der Waals surface area contributed by atoms with E-state index in [1.165, 1.54) is 37.7 Å². The minimum absolute atomic E-state index is 0.0725. The number of hydrogen-bond acceptors (Lipinski definition) is 3. The van der Waals surface area contributed by atoms with Crippen LogP contribution in [0.25, 0.3) is 0 Å². The summed E-state index contributed by atoms with van der Waals surface area (Å²) in [5.74, 6) is -0.0761. The standard InChI is InChI=1S/C23H28N4O3/c24-21(28)13-14-25-23(30)27-20-8-4-7-19(15-20)26-22(29)18-11-9-17(10-12-18)16-5-2-1-3-6-16/h4,7-12,15-16H,1-3,5-6,13-14H2,(H2,24,28)(H,26,29)(H2,25,27,30). The fourth-order valence-electron chi connectivity index (χ4n) is 3.70. The predicted molar refractivity (Wildman–Crippen MR) is 117 cm³/mol. The molecule has 2 aromatic carbocycles. The Balaban J connectivity index is 1.55. The van der Waals surface area contributed by atoms with Gasteiger partial charge >= 0.3 is 6.03 Å². The van der Waals surface area contributed by atoms with Gasteiger partial charge in [0.2, 0.25) is 5.91 Å². The molecule has 0 unspecified atom stereocenters. The van der Waals surface area contributed by atoms with E-state index in [4.69, 9.17) is 5.73 Å². The van der Waals surface area contributed by atoms with Gasteiger partial charge in [0.05, 0.1) is 0 Å². The Morgan fingerprint density at radius 1 is 0.900 bits per heavy atom. The molecule has 0 aliphatic heterocycles. The Morgan fingerprint density at radius 2 is 1.57 bits per heavy atom. The van der Waals surface area contributed by atoms with Crippen LogP contribution >= 0.6 is 0 Å². The highest BCUT2D eigenvalue weighted by Crippen LogP contribution is 2.32. The van der Waals surface area contributed by atoms with E-state index >= 15 is 0 Å². The molecule has 3 rings (SSSR count). The first kappa shape index (κ1) is 21.4. The van der Waals surface area contributed by atoms with Crippen molar-refractivity contribution in [2.75, 3.05) is 17.2 Å². The largest absolute Gasteiger partial charge is 0.370 e. The molecule has 158 valence electrons. The molecule has 4 amide bonds. The van der Waals surface area contributed by atoms with Crippen LogP contribution in [-0.2, 0) is 4.79 Å². The Labute approximate surface area is 176 Å². The minimum atomic E-state index is -0.480. The van der Waals surface area contributed by atoms with E-state index in [1.807, 2.05) is 12.1 Å². The molecule has 0 spiro atoms. The van der Waals surface area contributed by atoms with Crippen molar-refractivity contribution >= 4 is 29.2 Å². The van der Waals surface area contributed by atoms with E-state index < -0.39 is 11.9 Å². The summed E-state index contributed by atoms with van der Waals surface area (Å²) < 4.78 is 0. The van der Waals surface area contributed by atoms with Crippen LogP contribution in [0.5, 0.6) is 0 Å². The molecule has 1 fully saturated rings. The second-order valence-electron chi connectivity index (χ2n) is 7.59. The number of urea groups is 1. The van der Waals surface area contributed by atoms with E-state index in [0.717, 1.165) is 0 Å². The van der Waals surface area contributed by atoms with E-state index in [2.05, 4.69) is 28.1 Å². The summed E-state index contributed by atoms with van der Waals surface area (Å²) in [6, 6.07) is 14.3. The van der Waals surface area contributed by atoms with Crippen molar-refractivity contribution in [2.45, 2.75) is 44.4 Å². The number of carbonyl (C=O) groups excluding carboxylic acids is 3. The molecule has 0 saturated heterocycles. The maximum absolute atomic E-state index is 12.6. The van der Waals surface area contributed by atoms with Crippen LogP contribution in [0, 0.1) is 0 Å². The van der Waals surface area contributed by atoms with Gasteiger partial charge in [-0.3, -0.25) is 9.59 Å². The van der Waals surface area contributed by atoms with Crippen molar-refractivity contribution in [1.29, 1.82) is 0 Å². The lowest BCUT2D eigenvalue weighted by Crippen LogP contribution is -2.31. The van der Waals surface area contributed by atoms with Crippen molar-refractivity contribution in [3.8, 4) is 0 Å². The van der Waals surface area contributed by atoms with Crippen molar-refractivity contribution in [3.05, 3.63) is 59.7 Å². The average Bonchev–Trinajstić information content (AvgIpc) is 2.74. The fraction of sp³-hybridized carbons (Fsp3) is 0.348. The molecule has 7 heteroatoms. The van der Waals surface area contributed by atoms with Crippen LogP contribution in [0.4, 0.5) is 16.2 Å². The number of carbonyl (C=O) groups is 3. The first-order valence-electron chi connectivity index (χ1n) is 10.4. The topological polar surface area (TPSA) is 113 Å². The lowest BCUT2D eigenvalue weighted by atomic mass is 9.84. The van der Waals surface area contributed by atoms with Gasteiger partial charge in [-0.15, -0.1) is 0 Å². The smallest absolute Gasteiger partial charge is 0.319 e. The number of primary amides is 1. The van der Waals surface area contributed by atoms with Gasteiger partial charge in [-0.2, -0.15) is 0 Å². The summed E-state index contributed by atoms with van der Waals surface area (Å²) in [7, 11) is 0. The average molecular weight is 409 g/mol. The quantitative estimate of drug-likeness (QED) is 0.555. The van der Waals surface area contributed by atoms with E-state index in [0.29, 0.717) is 22.9 Å². The maximum Gasteiger partial charge on any atom is 0.319 e. The molecule has 1 aliphatic carbocycles. The lowest BCUT2D eigenvalue weighted by molar-refractivity contribution is -0.117. The monoisotopic (exact) mass is 408 g/mol. The summed E-state index contributed by atoms with van der Waals surface area (Å²) in [6.07, 6.45) is 6.40. The molecule has 0 aromatic heterocycles. The van der Waals surface area contributed by atoms with Gasteiger partial charge in [0.1, 0.15) is 0 Å². The van der Waals surface area contributed by atoms with Gasteiger partial charge in [-0.05, 0) is 54.7 Å². The Morgan fingerprint density at radius 3 is 2.23 bits per heavy atom. The highest BCUT2D eigenvalue weighted by molar-refractivity contribution is 6.04. The number of nitrogens with one attached hydrogen (secondary N) is 3. The van der Waals surface area contributed by atoms with Crippen LogP contribution in [0.15, 0.2) is 48.5 Å². The molecular weight excluding hydrogens is 380 g/mol. The van der Waals surface area contributed by atoms with Crippen molar-refractivity contribution in [2.24, 2.45) is 5.73 Å². The molecule has 5 N–H and O–H groups in total. The third kappa shape index (κ3) is 6.34. The lowest BCUT2D eigenvalue weighted by Gasteiger charge is -2.22.